The van der Waals surface area contributed by atoms with Crippen LogP contribution in [0.15, 0.2) is 107 Å². The second kappa shape index (κ2) is 7.96. The minimum absolute atomic E-state index is 0.668. The minimum atomic E-state index is 0.668. The zero-order valence-corrected chi connectivity index (χ0v) is 19.9. The molecule has 0 aliphatic heterocycles. The van der Waals surface area contributed by atoms with Crippen molar-refractivity contribution in [3.63, 3.8) is 0 Å². The van der Waals surface area contributed by atoms with E-state index in [1.165, 1.54) is 22.2 Å². The Kier molecular flexibility index (Phi) is 4.58. The molecule has 3 heteroatoms. The highest BCUT2D eigenvalue weighted by molar-refractivity contribution is 6.14. The van der Waals surface area contributed by atoms with Gasteiger partial charge in [-0.25, -0.2) is 0 Å². The van der Waals surface area contributed by atoms with Crippen LogP contribution < -0.4 is 0 Å². The van der Waals surface area contributed by atoms with E-state index in [1.54, 1.807) is 0 Å². The molecule has 1 aliphatic rings. The average molecular weight is 465 g/mol. The van der Waals surface area contributed by atoms with E-state index in [9.17, 15) is 0 Å². The predicted molar refractivity (Wildman–Crippen MR) is 152 cm³/mol. The number of furan rings is 1. The smallest absolute Gasteiger partial charge is 0.159 e. The lowest BCUT2D eigenvalue weighted by Crippen LogP contribution is -2.03. The van der Waals surface area contributed by atoms with Crippen molar-refractivity contribution in [3.8, 4) is 16.8 Å². The predicted octanol–water partition coefficient (Wildman–Crippen LogP) is 8.83. The van der Waals surface area contributed by atoms with Crippen LogP contribution in [0.4, 0.5) is 0 Å². The summed E-state index contributed by atoms with van der Waals surface area (Å²) >= 11 is 0. The molecule has 0 saturated carbocycles. The Morgan fingerprint density at radius 2 is 1.72 bits per heavy atom. The molecule has 0 N–H and O–H groups in total. The summed E-state index contributed by atoms with van der Waals surface area (Å²) in [6.07, 6.45) is 6.60. The summed E-state index contributed by atoms with van der Waals surface area (Å²) in [5.74, 6) is 0. The van der Waals surface area contributed by atoms with Crippen molar-refractivity contribution < 1.29 is 4.42 Å². The van der Waals surface area contributed by atoms with E-state index in [0.717, 1.165) is 57.2 Å². The SMILES string of the molecule is C=NC(=C)c1cccc(-c2cccc3oc4c(-n5c6c(c7ccccc75)C=CCC6)cccc4c23)c1. The molecule has 36 heavy (non-hydrogen) atoms. The molecule has 0 unspecified atom stereocenters. The van der Waals surface area contributed by atoms with Crippen LogP contribution in [0.5, 0.6) is 0 Å². The second-order valence-electron chi connectivity index (χ2n) is 9.27. The topological polar surface area (TPSA) is 30.4 Å². The maximum Gasteiger partial charge on any atom is 0.159 e. The van der Waals surface area contributed by atoms with Crippen molar-refractivity contribution in [1.82, 2.24) is 4.57 Å². The number of allylic oxidation sites excluding steroid dienone is 1. The number of nitrogens with zero attached hydrogens (tertiary/aromatic N) is 2. The number of hydrogen-bond acceptors (Lipinski definition) is 2. The standard InChI is InChI=1S/C33H24N2O/c1-21(34-2)22-10-7-11-23(20-22)24-14-9-19-31-32(24)27-15-8-18-30(33(27)36-31)35-28-16-5-3-12-25(28)26-13-4-6-17-29(26)35/h3-5,7-16,18-20H,1-2,6,17H2. The van der Waals surface area contributed by atoms with E-state index in [0.29, 0.717) is 5.70 Å². The molecular formula is C33H24N2O. The third-order valence-electron chi connectivity index (χ3n) is 7.29. The molecule has 0 saturated heterocycles. The van der Waals surface area contributed by atoms with E-state index in [1.807, 2.05) is 12.1 Å². The minimum Gasteiger partial charge on any atom is -0.454 e. The van der Waals surface area contributed by atoms with Gasteiger partial charge in [-0.05, 0) is 55.0 Å². The van der Waals surface area contributed by atoms with Gasteiger partial charge in [-0.15, -0.1) is 0 Å². The first-order valence-corrected chi connectivity index (χ1v) is 12.2. The van der Waals surface area contributed by atoms with Crippen LogP contribution >= 0.6 is 0 Å². The molecule has 0 atom stereocenters. The van der Waals surface area contributed by atoms with Crippen LogP contribution in [0.25, 0.3) is 61.4 Å². The van der Waals surface area contributed by atoms with Crippen molar-refractivity contribution in [1.29, 1.82) is 0 Å². The van der Waals surface area contributed by atoms with Gasteiger partial charge in [0, 0.05) is 33.0 Å². The van der Waals surface area contributed by atoms with Crippen LogP contribution in [0.2, 0.25) is 0 Å². The van der Waals surface area contributed by atoms with Crippen molar-refractivity contribution >= 4 is 51.3 Å². The molecule has 0 amide bonds. The highest BCUT2D eigenvalue weighted by Gasteiger charge is 2.22. The largest absolute Gasteiger partial charge is 0.454 e. The van der Waals surface area contributed by atoms with Gasteiger partial charge in [0.2, 0.25) is 0 Å². The molecule has 4 aromatic carbocycles. The Morgan fingerprint density at radius 3 is 2.64 bits per heavy atom. The summed E-state index contributed by atoms with van der Waals surface area (Å²) in [6, 6.07) is 29.7. The van der Waals surface area contributed by atoms with E-state index in [4.69, 9.17) is 4.42 Å². The monoisotopic (exact) mass is 464 g/mol. The lowest BCUT2D eigenvalue weighted by atomic mass is 9.97. The number of para-hydroxylation sites is 2. The molecule has 0 bridgehead atoms. The number of benzene rings is 4. The van der Waals surface area contributed by atoms with Gasteiger partial charge < -0.3 is 8.98 Å². The van der Waals surface area contributed by atoms with Gasteiger partial charge in [0.1, 0.15) is 5.58 Å². The molecule has 2 heterocycles. The van der Waals surface area contributed by atoms with Gasteiger partial charge in [-0.3, -0.25) is 4.99 Å². The first kappa shape index (κ1) is 20.7. The Bertz CT molecular complexity index is 1880. The molecule has 2 aromatic heterocycles. The molecule has 0 spiro atoms. The summed E-state index contributed by atoms with van der Waals surface area (Å²) in [7, 11) is 0. The fourth-order valence-electron chi connectivity index (χ4n) is 5.65. The molecule has 7 rings (SSSR count). The van der Waals surface area contributed by atoms with Gasteiger partial charge in [0.15, 0.2) is 5.58 Å². The number of fused-ring (bicyclic) bond motifs is 6. The van der Waals surface area contributed by atoms with Crippen molar-refractivity contribution in [3.05, 3.63) is 114 Å². The molecule has 172 valence electrons. The van der Waals surface area contributed by atoms with E-state index >= 15 is 0 Å². The fourth-order valence-corrected chi connectivity index (χ4v) is 5.65. The Morgan fingerprint density at radius 1 is 0.889 bits per heavy atom. The van der Waals surface area contributed by atoms with E-state index < -0.39 is 0 Å². The lowest BCUT2D eigenvalue weighted by Gasteiger charge is -2.13. The van der Waals surface area contributed by atoms with E-state index in [2.05, 4.69) is 108 Å². The second-order valence-corrected chi connectivity index (χ2v) is 9.27. The lowest BCUT2D eigenvalue weighted by molar-refractivity contribution is 0.665. The number of aliphatic imine (C=N–C) groups is 1. The first-order chi connectivity index (χ1) is 17.7. The summed E-state index contributed by atoms with van der Waals surface area (Å²) < 4.78 is 9.03. The Hall–Kier alpha value is -4.63. The van der Waals surface area contributed by atoms with Crippen molar-refractivity contribution in [2.45, 2.75) is 12.8 Å². The quantitative estimate of drug-likeness (QED) is 0.240. The summed E-state index contributed by atoms with van der Waals surface area (Å²) in [5, 5.41) is 3.51. The maximum absolute atomic E-state index is 6.62. The highest BCUT2D eigenvalue weighted by atomic mass is 16.3. The average Bonchev–Trinajstić information content (AvgIpc) is 3.49. The Balaban J connectivity index is 1.52. The number of hydrogen-bond donors (Lipinski definition) is 0. The van der Waals surface area contributed by atoms with Crippen LogP contribution in [-0.2, 0) is 6.42 Å². The third-order valence-corrected chi connectivity index (χ3v) is 7.29. The van der Waals surface area contributed by atoms with Gasteiger partial charge in [0.25, 0.3) is 0 Å². The van der Waals surface area contributed by atoms with Gasteiger partial charge in [-0.1, -0.05) is 79.4 Å². The molecule has 0 radical (unpaired) electrons. The molecule has 3 nitrogen and oxygen atoms in total. The number of rotatable bonds is 4. The third kappa shape index (κ3) is 2.96. The van der Waals surface area contributed by atoms with Crippen LogP contribution in [-0.4, -0.2) is 11.3 Å². The first-order valence-electron chi connectivity index (χ1n) is 12.2. The summed E-state index contributed by atoms with van der Waals surface area (Å²) in [5.41, 5.74) is 10.6. The molecule has 0 fully saturated rings. The maximum atomic E-state index is 6.62. The Labute approximate surface area is 209 Å². The van der Waals surface area contributed by atoms with Crippen molar-refractivity contribution in [2.75, 3.05) is 0 Å². The summed E-state index contributed by atoms with van der Waals surface area (Å²) in [6.45, 7) is 7.66. The zero-order chi connectivity index (χ0) is 24.2. The highest BCUT2D eigenvalue weighted by Crippen LogP contribution is 2.41. The molecule has 6 aromatic rings. The van der Waals surface area contributed by atoms with Gasteiger partial charge >= 0.3 is 0 Å². The summed E-state index contributed by atoms with van der Waals surface area (Å²) in [4.78, 5) is 4.03. The van der Waals surface area contributed by atoms with Gasteiger partial charge in [0.05, 0.1) is 16.9 Å². The van der Waals surface area contributed by atoms with E-state index in [-0.39, 0.29) is 0 Å². The fraction of sp³-hybridized carbons (Fsp3) is 0.0606. The van der Waals surface area contributed by atoms with Gasteiger partial charge in [-0.2, -0.15) is 0 Å². The van der Waals surface area contributed by atoms with Crippen LogP contribution in [0.3, 0.4) is 0 Å². The molecule has 1 aliphatic carbocycles. The van der Waals surface area contributed by atoms with Crippen LogP contribution in [0, 0.1) is 0 Å². The zero-order valence-electron chi connectivity index (χ0n) is 19.9. The van der Waals surface area contributed by atoms with Crippen LogP contribution in [0.1, 0.15) is 23.2 Å². The normalized spacial score (nSPS) is 12.9. The number of aromatic nitrogens is 1. The van der Waals surface area contributed by atoms with Crippen molar-refractivity contribution in [2.24, 2.45) is 4.99 Å². The molecular weight excluding hydrogens is 440 g/mol.